The summed E-state index contributed by atoms with van der Waals surface area (Å²) in [6.07, 6.45) is 0.797. The molecule has 0 radical (unpaired) electrons. The molecule has 0 aliphatic carbocycles. The summed E-state index contributed by atoms with van der Waals surface area (Å²) in [4.78, 5) is 15.1. The monoisotopic (exact) mass is 367 g/mol. The van der Waals surface area contributed by atoms with E-state index >= 15 is 0 Å². The van der Waals surface area contributed by atoms with Crippen molar-refractivity contribution in [3.8, 4) is 5.75 Å². The van der Waals surface area contributed by atoms with Crippen LogP contribution < -0.4 is 9.64 Å². The Labute approximate surface area is 159 Å². The van der Waals surface area contributed by atoms with Gasteiger partial charge in [-0.05, 0) is 50.5 Å². The molecule has 27 heavy (non-hydrogen) atoms. The lowest BCUT2D eigenvalue weighted by Gasteiger charge is -2.32. The van der Waals surface area contributed by atoms with E-state index in [-0.39, 0.29) is 5.91 Å². The van der Waals surface area contributed by atoms with Crippen molar-refractivity contribution in [1.29, 1.82) is 0 Å². The first-order chi connectivity index (χ1) is 13.0. The maximum atomic E-state index is 13.3. The average molecular weight is 367 g/mol. The fraction of sp³-hybridized carbons (Fsp3) is 0.409. The third kappa shape index (κ3) is 3.01. The lowest BCUT2D eigenvalue weighted by atomic mass is 10.00. The number of hydrogen-bond donors (Lipinski definition) is 0. The Kier molecular flexibility index (Phi) is 4.66. The van der Waals surface area contributed by atoms with Gasteiger partial charge in [-0.25, -0.2) is 0 Å². The molecule has 0 unspecified atom stereocenters. The van der Waals surface area contributed by atoms with E-state index < -0.39 is 5.79 Å². The van der Waals surface area contributed by atoms with E-state index in [1.807, 2.05) is 51.1 Å². The summed E-state index contributed by atoms with van der Waals surface area (Å²) in [5, 5.41) is 0. The highest BCUT2D eigenvalue weighted by atomic mass is 16.7. The molecule has 142 valence electrons. The number of ether oxygens (including phenoxy) is 3. The summed E-state index contributed by atoms with van der Waals surface area (Å²) in [5.74, 6) is -0.614. The summed E-state index contributed by atoms with van der Waals surface area (Å²) in [6.45, 7) is 7.95. The Morgan fingerprint density at radius 2 is 1.81 bits per heavy atom. The Bertz CT molecular complexity index is 871. The van der Waals surface area contributed by atoms with Gasteiger partial charge in [0, 0.05) is 5.56 Å². The Morgan fingerprint density at radius 1 is 1.07 bits per heavy atom. The van der Waals surface area contributed by atoms with Gasteiger partial charge >= 0.3 is 0 Å². The highest BCUT2D eigenvalue weighted by Gasteiger charge is 2.55. The molecule has 2 aliphatic rings. The number of para-hydroxylation sites is 1. The molecular weight excluding hydrogens is 342 g/mol. The molecule has 1 saturated heterocycles. The minimum absolute atomic E-state index is 0.153. The number of hydrogen-bond acceptors (Lipinski definition) is 4. The molecule has 0 N–H and O–H groups in total. The van der Waals surface area contributed by atoms with Crippen molar-refractivity contribution in [2.24, 2.45) is 0 Å². The van der Waals surface area contributed by atoms with Crippen LogP contribution >= 0.6 is 0 Å². The largest absolute Gasteiger partial charge is 0.491 e. The van der Waals surface area contributed by atoms with E-state index in [0.29, 0.717) is 26.4 Å². The standard InChI is InChI=1S/C22H25NO4/c1-15-13-17(3)20-18(14-15)22(26-10-6-11-27-22)21(24)23(20)9-12-25-19-8-5-4-7-16(19)2/h4-5,7-8,13-14H,6,9-12H2,1-3H3. The van der Waals surface area contributed by atoms with Crippen molar-refractivity contribution in [2.45, 2.75) is 33.0 Å². The number of carbonyl (C=O) groups is 1. The summed E-state index contributed by atoms with van der Waals surface area (Å²) >= 11 is 0. The Hall–Kier alpha value is -2.37. The summed E-state index contributed by atoms with van der Waals surface area (Å²) in [7, 11) is 0. The van der Waals surface area contributed by atoms with Crippen molar-refractivity contribution in [3.05, 3.63) is 58.7 Å². The molecule has 0 atom stereocenters. The summed E-state index contributed by atoms with van der Waals surface area (Å²) in [5.41, 5.74) is 4.92. The highest BCUT2D eigenvalue weighted by molar-refractivity contribution is 6.07. The molecule has 2 aliphatic heterocycles. The number of aryl methyl sites for hydroxylation is 3. The molecule has 5 nitrogen and oxygen atoms in total. The maximum Gasteiger partial charge on any atom is 0.292 e. The molecule has 2 aromatic carbocycles. The number of fused-ring (bicyclic) bond motifs is 2. The zero-order chi connectivity index (χ0) is 19.0. The zero-order valence-corrected chi connectivity index (χ0v) is 16.1. The second-order valence-corrected chi connectivity index (χ2v) is 7.22. The van der Waals surface area contributed by atoms with Gasteiger partial charge in [0.15, 0.2) is 0 Å². The van der Waals surface area contributed by atoms with Crippen LogP contribution in [-0.2, 0) is 20.1 Å². The van der Waals surface area contributed by atoms with E-state index in [4.69, 9.17) is 14.2 Å². The van der Waals surface area contributed by atoms with Crippen molar-refractivity contribution in [3.63, 3.8) is 0 Å². The van der Waals surface area contributed by atoms with Gasteiger partial charge in [0.2, 0.25) is 0 Å². The topological polar surface area (TPSA) is 48.0 Å². The normalized spacial score (nSPS) is 18.0. The molecule has 2 heterocycles. The molecule has 0 saturated carbocycles. The van der Waals surface area contributed by atoms with Gasteiger partial charge in [0.25, 0.3) is 11.7 Å². The van der Waals surface area contributed by atoms with Gasteiger partial charge in [-0.3, -0.25) is 4.79 Å². The van der Waals surface area contributed by atoms with Crippen LogP contribution in [0.4, 0.5) is 5.69 Å². The van der Waals surface area contributed by atoms with Crippen LogP contribution in [-0.4, -0.2) is 32.3 Å². The average Bonchev–Trinajstić information content (AvgIpc) is 2.87. The number of rotatable bonds is 4. The fourth-order valence-electron chi connectivity index (χ4n) is 3.95. The van der Waals surface area contributed by atoms with Crippen LogP contribution in [0.5, 0.6) is 5.75 Å². The number of carbonyl (C=O) groups excluding carboxylic acids is 1. The molecule has 4 rings (SSSR count). The number of benzene rings is 2. The number of anilines is 1. The van der Waals surface area contributed by atoms with Gasteiger partial charge in [-0.1, -0.05) is 29.8 Å². The first kappa shape index (κ1) is 18.0. The van der Waals surface area contributed by atoms with Crippen LogP contribution in [0.1, 0.15) is 28.7 Å². The molecule has 0 aromatic heterocycles. The molecular formula is C22H25NO4. The molecule has 1 spiro atoms. The lowest BCUT2D eigenvalue weighted by molar-refractivity contribution is -0.256. The first-order valence-corrected chi connectivity index (χ1v) is 9.43. The van der Waals surface area contributed by atoms with Crippen molar-refractivity contribution in [2.75, 3.05) is 31.3 Å². The second kappa shape index (κ2) is 6.98. The minimum Gasteiger partial charge on any atom is -0.491 e. The van der Waals surface area contributed by atoms with Gasteiger partial charge < -0.3 is 19.1 Å². The highest BCUT2D eigenvalue weighted by Crippen LogP contribution is 2.47. The number of amides is 1. The van der Waals surface area contributed by atoms with Gasteiger partial charge in [-0.15, -0.1) is 0 Å². The van der Waals surface area contributed by atoms with E-state index in [2.05, 4.69) is 6.07 Å². The van der Waals surface area contributed by atoms with Crippen LogP contribution in [0.25, 0.3) is 0 Å². The predicted octanol–water partition coefficient (Wildman–Crippen LogP) is 3.63. The molecule has 2 aromatic rings. The quantitative estimate of drug-likeness (QED) is 0.828. The van der Waals surface area contributed by atoms with Gasteiger partial charge in [0.05, 0.1) is 25.4 Å². The molecule has 1 amide bonds. The SMILES string of the molecule is Cc1cc(C)c2c(c1)C1(OCCCO1)C(=O)N2CCOc1ccccc1C. The summed E-state index contributed by atoms with van der Waals surface area (Å²) in [6, 6.07) is 12.0. The minimum atomic E-state index is -1.30. The van der Waals surface area contributed by atoms with Crippen molar-refractivity contribution in [1.82, 2.24) is 0 Å². The fourth-order valence-corrected chi connectivity index (χ4v) is 3.95. The van der Waals surface area contributed by atoms with E-state index in [1.165, 1.54) is 0 Å². The van der Waals surface area contributed by atoms with Gasteiger partial charge in [-0.2, -0.15) is 0 Å². The smallest absolute Gasteiger partial charge is 0.292 e. The molecule has 0 bridgehead atoms. The maximum absolute atomic E-state index is 13.3. The van der Waals surface area contributed by atoms with E-state index in [1.54, 1.807) is 4.90 Å². The van der Waals surface area contributed by atoms with E-state index in [0.717, 1.165) is 40.1 Å². The van der Waals surface area contributed by atoms with Crippen LogP contribution in [0, 0.1) is 20.8 Å². The third-order valence-electron chi connectivity index (χ3n) is 5.16. The van der Waals surface area contributed by atoms with Crippen LogP contribution in [0.15, 0.2) is 36.4 Å². The van der Waals surface area contributed by atoms with Crippen LogP contribution in [0.3, 0.4) is 0 Å². The lowest BCUT2D eigenvalue weighted by Crippen LogP contribution is -2.48. The van der Waals surface area contributed by atoms with E-state index in [9.17, 15) is 4.79 Å². The Balaban J connectivity index is 1.62. The Morgan fingerprint density at radius 3 is 2.56 bits per heavy atom. The van der Waals surface area contributed by atoms with Gasteiger partial charge in [0.1, 0.15) is 12.4 Å². The summed E-state index contributed by atoms with van der Waals surface area (Å²) < 4.78 is 17.8. The second-order valence-electron chi connectivity index (χ2n) is 7.22. The number of nitrogens with zero attached hydrogens (tertiary/aromatic N) is 1. The van der Waals surface area contributed by atoms with Crippen molar-refractivity contribution >= 4 is 11.6 Å². The predicted molar refractivity (Wildman–Crippen MR) is 103 cm³/mol. The van der Waals surface area contributed by atoms with Crippen molar-refractivity contribution < 1.29 is 19.0 Å². The molecule has 5 heteroatoms. The molecule has 1 fully saturated rings. The third-order valence-corrected chi connectivity index (χ3v) is 5.16. The van der Waals surface area contributed by atoms with Crippen LogP contribution in [0.2, 0.25) is 0 Å². The zero-order valence-electron chi connectivity index (χ0n) is 16.1. The first-order valence-electron chi connectivity index (χ1n) is 9.43.